The summed E-state index contributed by atoms with van der Waals surface area (Å²) < 4.78 is 6.65. The lowest BCUT2D eigenvalue weighted by atomic mass is 10.0. The molecule has 0 saturated carbocycles. The Hall–Kier alpha value is -6.46. The predicted molar refractivity (Wildman–Crippen MR) is 210 cm³/mol. The number of furan rings is 1. The van der Waals surface area contributed by atoms with Crippen LogP contribution in [0, 0.1) is 27.7 Å². The second-order valence-electron chi connectivity index (χ2n) is 13.5. The maximum Gasteiger partial charge on any atom is 0.138 e. The lowest BCUT2D eigenvalue weighted by Crippen LogP contribution is -1.87. The summed E-state index contributed by atoms with van der Waals surface area (Å²) in [5.74, 6) is 1.71. The van der Waals surface area contributed by atoms with E-state index >= 15 is 0 Å². The molecule has 0 saturated heterocycles. The number of nitrogens with zero attached hydrogens (tertiary/aromatic N) is 2. The van der Waals surface area contributed by atoms with Crippen LogP contribution in [0.25, 0.3) is 89.7 Å². The van der Waals surface area contributed by atoms with Gasteiger partial charge in [0.15, 0.2) is 0 Å². The van der Waals surface area contributed by atoms with Crippen LogP contribution in [0.15, 0.2) is 138 Å². The molecule has 0 aliphatic rings. The molecule has 0 amide bonds. The summed E-state index contributed by atoms with van der Waals surface area (Å²) in [4.78, 5) is 17.7. The van der Waals surface area contributed by atoms with Crippen LogP contribution in [0.2, 0.25) is 0 Å². The fraction of sp³-hybridized carbons (Fsp3) is 0.0870. The van der Waals surface area contributed by atoms with Gasteiger partial charge in [0.05, 0.1) is 22.8 Å². The van der Waals surface area contributed by atoms with E-state index in [1.807, 2.05) is 12.1 Å². The third-order valence-electron chi connectivity index (χ3n) is 9.85. The van der Waals surface area contributed by atoms with Crippen molar-refractivity contribution in [3.8, 4) is 67.8 Å². The molecular weight excluding hydrogens is 625 g/mol. The van der Waals surface area contributed by atoms with Gasteiger partial charge in [0, 0.05) is 44.2 Å². The number of aromatic amines is 2. The zero-order valence-corrected chi connectivity index (χ0v) is 29.0. The van der Waals surface area contributed by atoms with E-state index in [4.69, 9.17) is 14.4 Å². The normalized spacial score (nSPS) is 11.5. The largest absolute Gasteiger partial charge is 0.456 e. The zero-order chi connectivity index (χ0) is 34.6. The van der Waals surface area contributed by atoms with Crippen LogP contribution in [-0.2, 0) is 0 Å². The van der Waals surface area contributed by atoms with Crippen molar-refractivity contribution in [2.75, 3.05) is 0 Å². The highest BCUT2D eigenvalue weighted by Crippen LogP contribution is 2.40. The van der Waals surface area contributed by atoms with Crippen molar-refractivity contribution >= 4 is 21.9 Å². The Bertz CT molecular complexity index is 2540. The maximum absolute atomic E-state index is 6.65. The van der Waals surface area contributed by atoms with Gasteiger partial charge in [0.25, 0.3) is 0 Å². The van der Waals surface area contributed by atoms with Crippen LogP contribution in [0.3, 0.4) is 0 Å². The van der Waals surface area contributed by atoms with Gasteiger partial charge in [-0.3, -0.25) is 0 Å². The summed E-state index contributed by atoms with van der Waals surface area (Å²) in [6.07, 6.45) is 0. The molecule has 3 heterocycles. The highest BCUT2D eigenvalue weighted by Gasteiger charge is 2.20. The van der Waals surface area contributed by atoms with E-state index in [-0.39, 0.29) is 0 Å². The van der Waals surface area contributed by atoms with E-state index < -0.39 is 0 Å². The smallest absolute Gasteiger partial charge is 0.138 e. The predicted octanol–water partition coefficient (Wildman–Crippen LogP) is 12.3. The Morgan fingerprint density at radius 1 is 0.431 bits per heavy atom. The minimum Gasteiger partial charge on any atom is -0.456 e. The van der Waals surface area contributed by atoms with Gasteiger partial charge in [-0.2, -0.15) is 0 Å². The van der Waals surface area contributed by atoms with Crippen molar-refractivity contribution in [1.29, 1.82) is 0 Å². The van der Waals surface area contributed by atoms with Gasteiger partial charge in [-0.1, -0.05) is 108 Å². The number of benzene rings is 6. The lowest BCUT2D eigenvalue weighted by molar-refractivity contribution is 0.669. The maximum atomic E-state index is 6.65. The van der Waals surface area contributed by atoms with E-state index in [1.54, 1.807) is 0 Å². The van der Waals surface area contributed by atoms with Gasteiger partial charge < -0.3 is 14.4 Å². The fourth-order valence-electron chi connectivity index (χ4n) is 7.10. The summed E-state index contributed by atoms with van der Waals surface area (Å²) in [6, 6.07) is 46.6. The quantitative estimate of drug-likeness (QED) is 0.186. The molecule has 0 unspecified atom stereocenters. The molecule has 246 valence electrons. The number of H-pyrrole nitrogens is 2. The van der Waals surface area contributed by atoms with Gasteiger partial charge in [-0.25, -0.2) is 9.97 Å². The monoisotopic (exact) mass is 660 g/mol. The van der Waals surface area contributed by atoms with Gasteiger partial charge in [-0.05, 0) is 75.2 Å². The third-order valence-corrected chi connectivity index (χ3v) is 9.85. The SMILES string of the molecule is Cc1ccc(C)c(-c2nc(-c3ccc4c(c3)oc3cc(-c5[nH]c(-c6cc(C)ccc6C)nc5-c5ccccc5)ccc34)c(-c3ccccc3)[nH]2)c1. The Labute approximate surface area is 296 Å². The summed E-state index contributed by atoms with van der Waals surface area (Å²) in [7, 11) is 0. The first-order chi connectivity index (χ1) is 24.9. The molecule has 0 fully saturated rings. The van der Waals surface area contributed by atoms with E-state index in [9.17, 15) is 0 Å². The van der Waals surface area contributed by atoms with Crippen molar-refractivity contribution in [3.05, 3.63) is 156 Å². The van der Waals surface area contributed by atoms with Gasteiger partial charge in [-0.15, -0.1) is 0 Å². The molecule has 0 atom stereocenters. The molecule has 9 aromatic rings. The summed E-state index contributed by atoms with van der Waals surface area (Å²) in [5, 5.41) is 2.13. The van der Waals surface area contributed by atoms with Crippen LogP contribution in [0.1, 0.15) is 22.3 Å². The standard InChI is InChI=1S/C46H36N4O/c1-27-15-17-29(3)37(23-27)45-47-41(31-11-7-5-8-12-31)43(49-45)33-19-21-35-36-22-20-34(26-40(36)51-39(35)25-33)44-42(32-13-9-6-10-14-32)48-46(50-44)38-24-28(2)16-18-30(38)4/h5-26H,1-4H3,(H,47,49)(H,48,50). The first kappa shape index (κ1) is 30.6. The van der Waals surface area contributed by atoms with Crippen molar-refractivity contribution < 1.29 is 4.42 Å². The molecule has 0 spiro atoms. The molecule has 0 bridgehead atoms. The van der Waals surface area contributed by atoms with Crippen molar-refractivity contribution in [3.63, 3.8) is 0 Å². The lowest BCUT2D eigenvalue weighted by Gasteiger charge is -2.04. The fourth-order valence-corrected chi connectivity index (χ4v) is 7.10. The number of imidazole rings is 2. The Kier molecular flexibility index (Phi) is 7.29. The molecule has 5 nitrogen and oxygen atoms in total. The molecule has 2 N–H and O–H groups in total. The third kappa shape index (κ3) is 5.44. The van der Waals surface area contributed by atoms with E-state index in [2.05, 4.69) is 159 Å². The van der Waals surface area contributed by atoms with E-state index in [0.717, 1.165) is 89.7 Å². The number of aromatic nitrogens is 4. The minimum atomic E-state index is 0.818. The number of nitrogens with one attached hydrogen (secondary N) is 2. The number of fused-ring (bicyclic) bond motifs is 3. The van der Waals surface area contributed by atoms with Crippen LogP contribution in [0.5, 0.6) is 0 Å². The number of hydrogen-bond acceptors (Lipinski definition) is 3. The molecule has 5 heteroatoms. The molecular formula is C46H36N4O. The molecule has 6 aromatic carbocycles. The summed E-state index contributed by atoms with van der Waals surface area (Å²) in [5.41, 5.74) is 16.5. The average Bonchev–Trinajstić information content (AvgIpc) is 3.89. The van der Waals surface area contributed by atoms with Crippen molar-refractivity contribution in [2.45, 2.75) is 27.7 Å². The summed E-state index contributed by atoms with van der Waals surface area (Å²) >= 11 is 0. The zero-order valence-electron chi connectivity index (χ0n) is 29.0. The van der Waals surface area contributed by atoms with E-state index in [0.29, 0.717) is 0 Å². The van der Waals surface area contributed by atoms with Crippen LogP contribution < -0.4 is 0 Å². The van der Waals surface area contributed by atoms with Crippen LogP contribution in [0.4, 0.5) is 0 Å². The number of hydrogen-bond donors (Lipinski definition) is 2. The second-order valence-corrected chi connectivity index (χ2v) is 13.5. The highest BCUT2D eigenvalue weighted by atomic mass is 16.3. The highest BCUT2D eigenvalue weighted by molar-refractivity contribution is 6.07. The molecule has 3 aromatic heterocycles. The summed E-state index contributed by atoms with van der Waals surface area (Å²) in [6.45, 7) is 8.49. The van der Waals surface area contributed by atoms with Gasteiger partial charge >= 0.3 is 0 Å². The average molecular weight is 661 g/mol. The van der Waals surface area contributed by atoms with Crippen molar-refractivity contribution in [1.82, 2.24) is 19.9 Å². The Morgan fingerprint density at radius 2 is 0.902 bits per heavy atom. The van der Waals surface area contributed by atoms with Gasteiger partial charge in [0.2, 0.25) is 0 Å². The number of aryl methyl sites for hydroxylation is 4. The van der Waals surface area contributed by atoms with Crippen LogP contribution in [-0.4, -0.2) is 19.9 Å². The molecule has 51 heavy (non-hydrogen) atoms. The van der Waals surface area contributed by atoms with Crippen LogP contribution >= 0.6 is 0 Å². The van der Waals surface area contributed by atoms with Gasteiger partial charge in [0.1, 0.15) is 22.8 Å². The molecule has 0 radical (unpaired) electrons. The Balaban J connectivity index is 1.17. The van der Waals surface area contributed by atoms with E-state index in [1.165, 1.54) is 22.3 Å². The second kappa shape index (κ2) is 12.1. The molecule has 9 rings (SSSR count). The molecule has 0 aliphatic carbocycles. The first-order valence-electron chi connectivity index (χ1n) is 17.3. The van der Waals surface area contributed by atoms with Crippen molar-refractivity contribution in [2.24, 2.45) is 0 Å². The minimum absolute atomic E-state index is 0.818. The topological polar surface area (TPSA) is 70.5 Å². The number of rotatable bonds is 6. The Morgan fingerprint density at radius 3 is 1.47 bits per heavy atom. The first-order valence-corrected chi connectivity index (χ1v) is 17.3. The molecule has 0 aliphatic heterocycles.